The zero-order valence-corrected chi connectivity index (χ0v) is 13.4. The van der Waals surface area contributed by atoms with Gasteiger partial charge >= 0.3 is 5.97 Å². The average molecular weight is 312 g/mol. The number of aryl methyl sites for hydroxylation is 2. The van der Waals surface area contributed by atoms with Crippen LogP contribution in [0.3, 0.4) is 0 Å². The number of ether oxygens (including phenoxy) is 1. The maximum Gasteiger partial charge on any atom is 0.332 e. The molecule has 1 amide bonds. The smallest absolute Gasteiger partial charge is 0.332 e. The Bertz CT molecular complexity index is 548. The van der Waals surface area contributed by atoms with Gasteiger partial charge < -0.3 is 15.2 Å². The zero-order valence-electron chi connectivity index (χ0n) is 12.6. The molecule has 0 aliphatic carbocycles. The van der Waals surface area contributed by atoms with Crippen LogP contribution in [0.15, 0.2) is 0 Å². The van der Waals surface area contributed by atoms with Crippen molar-refractivity contribution >= 4 is 23.2 Å². The molecule has 0 spiro atoms. The molecule has 21 heavy (non-hydrogen) atoms. The number of amides is 1. The molecule has 2 rings (SSSR count). The molecule has 1 aromatic rings. The summed E-state index contributed by atoms with van der Waals surface area (Å²) in [6.07, 6.45) is -0.793. The van der Waals surface area contributed by atoms with Gasteiger partial charge in [-0.05, 0) is 40.5 Å². The van der Waals surface area contributed by atoms with E-state index in [9.17, 15) is 9.59 Å². The number of nitrogens with zero attached hydrogens (tertiary/aromatic N) is 1. The fourth-order valence-electron chi connectivity index (χ4n) is 2.19. The van der Waals surface area contributed by atoms with E-state index < -0.39 is 23.7 Å². The Morgan fingerprint density at radius 2 is 1.95 bits per heavy atom. The fourth-order valence-corrected chi connectivity index (χ4v) is 3.17. The van der Waals surface area contributed by atoms with E-state index >= 15 is 0 Å². The minimum atomic E-state index is -1.02. The van der Waals surface area contributed by atoms with Crippen molar-refractivity contribution in [1.29, 1.82) is 0 Å². The van der Waals surface area contributed by atoms with Crippen LogP contribution >= 0.6 is 11.3 Å². The van der Waals surface area contributed by atoms with Crippen molar-refractivity contribution in [1.82, 2.24) is 10.3 Å². The van der Waals surface area contributed by atoms with Gasteiger partial charge in [-0.3, -0.25) is 4.79 Å². The zero-order chi connectivity index (χ0) is 15.8. The maximum absolute atomic E-state index is 12.2. The van der Waals surface area contributed by atoms with Crippen LogP contribution in [0.1, 0.15) is 42.3 Å². The summed E-state index contributed by atoms with van der Waals surface area (Å²) in [7, 11) is 0. The van der Waals surface area contributed by atoms with Crippen molar-refractivity contribution in [3.05, 3.63) is 15.6 Å². The van der Waals surface area contributed by atoms with Crippen molar-refractivity contribution < 1.29 is 19.4 Å². The molecule has 1 aromatic heterocycles. The lowest BCUT2D eigenvalue weighted by molar-refractivity contribution is -0.152. The number of carboxylic acid groups (broad SMARTS) is 1. The number of hydrogen-bond donors (Lipinski definition) is 2. The van der Waals surface area contributed by atoms with Crippen molar-refractivity contribution in [2.45, 2.75) is 58.3 Å². The van der Waals surface area contributed by atoms with Crippen molar-refractivity contribution in [3.63, 3.8) is 0 Å². The summed E-state index contributed by atoms with van der Waals surface area (Å²) >= 11 is 1.55. The molecule has 2 N–H and O–H groups in total. The molecule has 0 radical (unpaired) electrons. The summed E-state index contributed by atoms with van der Waals surface area (Å²) in [5, 5.41) is 12.6. The Kier molecular flexibility index (Phi) is 4.34. The van der Waals surface area contributed by atoms with Gasteiger partial charge in [0.05, 0.1) is 11.2 Å². The molecular formula is C14H20N2O4S. The van der Waals surface area contributed by atoms with Crippen LogP contribution in [0.4, 0.5) is 0 Å². The summed E-state index contributed by atoms with van der Waals surface area (Å²) in [4.78, 5) is 28.7. The van der Waals surface area contributed by atoms with Crippen LogP contribution in [-0.4, -0.2) is 34.2 Å². The number of rotatable bonds is 4. The summed E-state index contributed by atoms with van der Waals surface area (Å²) in [5.41, 5.74) is 0.353. The molecule has 1 aliphatic rings. The van der Waals surface area contributed by atoms with Gasteiger partial charge in [-0.15, -0.1) is 11.3 Å². The lowest BCUT2D eigenvalue weighted by Crippen LogP contribution is -2.46. The second kappa shape index (κ2) is 5.73. The minimum absolute atomic E-state index is 0.283. The highest BCUT2D eigenvalue weighted by Crippen LogP contribution is 2.28. The van der Waals surface area contributed by atoms with Crippen LogP contribution < -0.4 is 5.32 Å². The summed E-state index contributed by atoms with van der Waals surface area (Å²) in [6.45, 7) is 7.69. The van der Waals surface area contributed by atoms with E-state index in [4.69, 9.17) is 9.84 Å². The van der Waals surface area contributed by atoms with Crippen LogP contribution in [0.5, 0.6) is 0 Å². The van der Waals surface area contributed by atoms with E-state index in [-0.39, 0.29) is 5.91 Å². The lowest BCUT2D eigenvalue weighted by Gasteiger charge is -2.25. The van der Waals surface area contributed by atoms with Gasteiger partial charge in [-0.2, -0.15) is 0 Å². The topological polar surface area (TPSA) is 88.5 Å². The highest BCUT2D eigenvalue weighted by molar-refractivity contribution is 7.11. The largest absolute Gasteiger partial charge is 0.479 e. The maximum atomic E-state index is 12.2. The molecule has 0 unspecified atom stereocenters. The Morgan fingerprint density at radius 1 is 1.33 bits per heavy atom. The monoisotopic (exact) mass is 312 g/mol. The number of aliphatic carboxylic acids is 1. The molecule has 1 saturated heterocycles. The molecule has 1 fully saturated rings. The number of carboxylic acids is 1. The molecule has 2 heterocycles. The quantitative estimate of drug-likeness (QED) is 0.884. The van der Waals surface area contributed by atoms with Crippen molar-refractivity contribution in [3.8, 4) is 0 Å². The molecule has 0 saturated carbocycles. The van der Waals surface area contributed by atoms with Gasteiger partial charge in [0.2, 0.25) is 5.91 Å². The number of aromatic nitrogens is 1. The second-order valence-electron chi connectivity index (χ2n) is 5.80. The molecule has 0 bridgehead atoms. The van der Waals surface area contributed by atoms with E-state index in [0.29, 0.717) is 12.8 Å². The second-order valence-corrected chi connectivity index (χ2v) is 7.01. The van der Waals surface area contributed by atoms with E-state index in [1.807, 2.05) is 27.7 Å². The number of carbonyl (C=O) groups excluding carboxylic acids is 1. The van der Waals surface area contributed by atoms with E-state index in [0.717, 1.165) is 15.6 Å². The Morgan fingerprint density at radius 3 is 2.43 bits per heavy atom. The third-order valence-corrected chi connectivity index (χ3v) is 4.98. The number of carbonyl (C=O) groups is 2. The minimum Gasteiger partial charge on any atom is -0.479 e. The van der Waals surface area contributed by atoms with E-state index in [1.165, 1.54) is 0 Å². The number of hydrogen-bond acceptors (Lipinski definition) is 5. The summed E-state index contributed by atoms with van der Waals surface area (Å²) in [5.74, 6) is -1.30. The molecular weight excluding hydrogens is 292 g/mol. The van der Waals surface area contributed by atoms with E-state index in [1.54, 1.807) is 11.3 Å². The average Bonchev–Trinajstić information content (AvgIpc) is 2.97. The first-order valence-electron chi connectivity index (χ1n) is 6.85. The Balaban J connectivity index is 2.03. The number of nitrogens with one attached hydrogen (secondary N) is 1. The SMILES string of the molecule is Cc1nc(C(C)(C)NC(=O)[C@@H]2CC[C@H](C(=O)O)O2)sc1C. The highest BCUT2D eigenvalue weighted by Gasteiger charge is 2.37. The van der Waals surface area contributed by atoms with E-state index in [2.05, 4.69) is 10.3 Å². The molecule has 1 aliphatic heterocycles. The van der Waals surface area contributed by atoms with Gasteiger partial charge in [0.15, 0.2) is 6.10 Å². The highest BCUT2D eigenvalue weighted by atomic mass is 32.1. The first-order chi connectivity index (χ1) is 9.70. The van der Waals surface area contributed by atoms with Crippen LogP contribution in [-0.2, 0) is 19.9 Å². The third kappa shape index (κ3) is 3.41. The molecule has 0 aromatic carbocycles. The lowest BCUT2D eigenvalue weighted by atomic mass is 10.1. The van der Waals surface area contributed by atoms with Crippen LogP contribution in [0.2, 0.25) is 0 Å². The molecule has 6 nitrogen and oxygen atoms in total. The first kappa shape index (κ1) is 15.9. The first-order valence-corrected chi connectivity index (χ1v) is 7.67. The van der Waals surface area contributed by atoms with Gasteiger partial charge in [0, 0.05) is 4.88 Å². The van der Waals surface area contributed by atoms with Crippen LogP contribution in [0.25, 0.3) is 0 Å². The number of thiazole rings is 1. The Hall–Kier alpha value is -1.47. The molecule has 2 atom stereocenters. The van der Waals surface area contributed by atoms with Gasteiger partial charge in [0.1, 0.15) is 11.1 Å². The predicted molar refractivity (Wildman–Crippen MR) is 78.3 cm³/mol. The van der Waals surface area contributed by atoms with Crippen molar-refractivity contribution in [2.24, 2.45) is 0 Å². The van der Waals surface area contributed by atoms with Gasteiger partial charge in [-0.1, -0.05) is 0 Å². The standard InChI is InChI=1S/C14H20N2O4S/c1-7-8(2)21-13(15-7)14(3,4)16-11(17)9-5-6-10(20-9)12(18)19/h9-10H,5-6H2,1-4H3,(H,16,17)(H,18,19)/t9-,10+/m0/s1. The predicted octanol–water partition coefficient (Wildman–Crippen LogP) is 1.74. The van der Waals surface area contributed by atoms with Crippen LogP contribution in [0, 0.1) is 13.8 Å². The Labute approximate surface area is 127 Å². The molecule has 116 valence electrons. The van der Waals surface area contributed by atoms with Crippen molar-refractivity contribution in [2.75, 3.05) is 0 Å². The summed E-state index contributed by atoms with van der Waals surface area (Å²) < 4.78 is 5.27. The fraction of sp³-hybridized carbons (Fsp3) is 0.643. The normalized spacial score (nSPS) is 22.3. The van der Waals surface area contributed by atoms with Gasteiger partial charge in [-0.25, -0.2) is 9.78 Å². The third-order valence-electron chi connectivity index (χ3n) is 3.59. The summed E-state index contributed by atoms with van der Waals surface area (Å²) in [6, 6.07) is 0. The molecule has 7 heteroatoms. The van der Waals surface area contributed by atoms with Gasteiger partial charge in [0.25, 0.3) is 0 Å².